The van der Waals surface area contributed by atoms with Crippen LogP contribution in [0.2, 0.25) is 0 Å². The smallest absolute Gasteiger partial charge is 0.335 e. The molecule has 0 atom stereocenters. The first kappa shape index (κ1) is 22.5. The van der Waals surface area contributed by atoms with Gasteiger partial charge in [-0.15, -0.1) is 0 Å². The number of aryl methyl sites for hydroxylation is 1. The van der Waals surface area contributed by atoms with Gasteiger partial charge in [-0.3, -0.25) is 0 Å². The monoisotopic (exact) mass is 475 g/mol. The lowest BCUT2D eigenvalue weighted by atomic mass is 9.94. The summed E-state index contributed by atoms with van der Waals surface area (Å²) in [7, 11) is 0. The summed E-state index contributed by atoms with van der Waals surface area (Å²) in [5.41, 5.74) is 8.64. The summed E-state index contributed by atoms with van der Waals surface area (Å²) in [6.07, 6.45) is 5.92. The Balaban J connectivity index is 1.48. The number of carboxylic acids is 1. The summed E-state index contributed by atoms with van der Waals surface area (Å²) in [4.78, 5) is 21.5. The van der Waals surface area contributed by atoms with E-state index in [2.05, 4.69) is 66.9 Å². The number of nitrogens with zero attached hydrogens (tertiary/aromatic N) is 3. The minimum Gasteiger partial charge on any atom is -0.478 e. The van der Waals surface area contributed by atoms with Crippen molar-refractivity contribution in [3.63, 3.8) is 0 Å². The van der Waals surface area contributed by atoms with Crippen LogP contribution in [-0.2, 0) is 0 Å². The highest BCUT2D eigenvalue weighted by atomic mass is 16.4. The van der Waals surface area contributed by atoms with Crippen LogP contribution in [0.4, 0.5) is 0 Å². The highest BCUT2D eigenvalue weighted by molar-refractivity contribution is 5.94. The van der Waals surface area contributed by atoms with E-state index in [1.807, 2.05) is 6.07 Å². The van der Waals surface area contributed by atoms with Gasteiger partial charge < -0.3 is 9.67 Å². The summed E-state index contributed by atoms with van der Waals surface area (Å²) in [5.74, 6) is -0.0259. The van der Waals surface area contributed by atoms with Gasteiger partial charge in [0.05, 0.1) is 27.8 Å². The van der Waals surface area contributed by atoms with E-state index in [-0.39, 0.29) is 5.56 Å². The van der Waals surface area contributed by atoms with E-state index in [0.717, 1.165) is 57.4 Å². The molecule has 0 radical (unpaired) electrons. The van der Waals surface area contributed by atoms with Crippen LogP contribution in [-0.4, -0.2) is 25.6 Å². The zero-order chi connectivity index (χ0) is 24.8. The average molecular weight is 476 g/mol. The second-order valence-corrected chi connectivity index (χ2v) is 9.96. The Morgan fingerprint density at radius 3 is 2.53 bits per heavy atom. The number of hydrogen-bond acceptors (Lipinski definition) is 3. The number of pyridine rings is 1. The predicted octanol–water partition coefficient (Wildman–Crippen LogP) is 7.74. The van der Waals surface area contributed by atoms with E-state index >= 15 is 0 Å². The summed E-state index contributed by atoms with van der Waals surface area (Å²) >= 11 is 0. The summed E-state index contributed by atoms with van der Waals surface area (Å²) in [5, 5.41) is 10.6. The Hall–Kier alpha value is -3.99. The number of aromatic carboxylic acids is 1. The zero-order valence-corrected chi connectivity index (χ0v) is 20.7. The van der Waals surface area contributed by atoms with Crippen molar-refractivity contribution in [3.8, 4) is 22.6 Å². The number of benzene rings is 3. The molecule has 1 saturated carbocycles. The fourth-order valence-electron chi connectivity index (χ4n) is 5.59. The molecule has 5 heteroatoms. The Kier molecular flexibility index (Phi) is 5.56. The molecule has 0 spiro atoms. The molecule has 1 N–H and O–H groups in total. The van der Waals surface area contributed by atoms with Crippen LogP contribution in [0.25, 0.3) is 44.6 Å². The van der Waals surface area contributed by atoms with Gasteiger partial charge >= 0.3 is 5.97 Å². The van der Waals surface area contributed by atoms with Crippen molar-refractivity contribution >= 4 is 27.9 Å². The number of aromatic nitrogens is 3. The van der Waals surface area contributed by atoms with E-state index in [1.165, 1.54) is 30.4 Å². The van der Waals surface area contributed by atoms with Crippen molar-refractivity contribution in [2.24, 2.45) is 0 Å². The number of rotatable bonds is 4. The van der Waals surface area contributed by atoms with E-state index in [9.17, 15) is 9.90 Å². The molecule has 1 aliphatic rings. The van der Waals surface area contributed by atoms with E-state index in [0.29, 0.717) is 6.04 Å². The maximum atomic E-state index is 11.6. The van der Waals surface area contributed by atoms with Crippen molar-refractivity contribution in [2.45, 2.75) is 52.0 Å². The largest absolute Gasteiger partial charge is 0.478 e. The molecule has 0 bridgehead atoms. The highest BCUT2D eigenvalue weighted by Crippen LogP contribution is 2.37. The Morgan fingerprint density at radius 2 is 1.72 bits per heavy atom. The molecule has 5 aromatic rings. The normalized spacial score (nSPS) is 14.5. The van der Waals surface area contributed by atoms with Crippen molar-refractivity contribution in [1.29, 1.82) is 0 Å². The molecule has 5 nitrogen and oxygen atoms in total. The van der Waals surface area contributed by atoms with Crippen LogP contribution in [0.15, 0.2) is 66.7 Å². The summed E-state index contributed by atoms with van der Waals surface area (Å²) in [6, 6.07) is 22.6. The number of carboxylic acid groups (broad SMARTS) is 1. The lowest BCUT2D eigenvalue weighted by molar-refractivity contribution is 0.0697. The lowest BCUT2D eigenvalue weighted by Gasteiger charge is -2.25. The molecule has 0 unspecified atom stereocenters. The maximum Gasteiger partial charge on any atom is 0.335 e. The molecule has 1 aliphatic carbocycles. The topological polar surface area (TPSA) is 68.0 Å². The molecule has 180 valence electrons. The molecular weight excluding hydrogens is 446 g/mol. The molecule has 0 aliphatic heterocycles. The molecule has 6 rings (SSSR count). The predicted molar refractivity (Wildman–Crippen MR) is 144 cm³/mol. The molecule has 3 aromatic carbocycles. The SMILES string of the molecule is Cc1cccc(-c2ccc3cc(-c4nc5cc(C(=O)O)ccc5n4C4CCCCC4)ccc3n2)c1C. The fourth-order valence-corrected chi connectivity index (χ4v) is 5.59. The first-order chi connectivity index (χ1) is 17.5. The van der Waals surface area contributed by atoms with Crippen LogP contribution in [0.5, 0.6) is 0 Å². The minimum absolute atomic E-state index is 0.268. The van der Waals surface area contributed by atoms with Crippen LogP contribution >= 0.6 is 0 Å². The molecule has 2 aromatic heterocycles. The summed E-state index contributed by atoms with van der Waals surface area (Å²) in [6.45, 7) is 4.27. The third-order valence-corrected chi connectivity index (χ3v) is 7.70. The first-order valence-corrected chi connectivity index (χ1v) is 12.7. The number of hydrogen-bond donors (Lipinski definition) is 1. The van der Waals surface area contributed by atoms with Crippen LogP contribution < -0.4 is 0 Å². The molecule has 0 saturated heterocycles. The Bertz CT molecular complexity index is 1630. The van der Waals surface area contributed by atoms with Gasteiger partial charge in [0.15, 0.2) is 0 Å². The standard InChI is InChI=1S/C31H29N3O2/c1-19-7-6-10-25(20(19)2)27-15-11-21-17-22(12-14-26(21)32-27)30-33-28-18-23(31(35)36)13-16-29(28)34(30)24-8-4-3-5-9-24/h6-7,10-18,24H,3-5,8-9H2,1-2H3,(H,35,36). The van der Waals surface area contributed by atoms with Crippen LogP contribution in [0.1, 0.15) is 59.6 Å². The van der Waals surface area contributed by atoms with Gasteiger partial charge in [0, 0.05) is 22.6 Å². The van der Waals surface area contributed by atoms with Gasteiger partial charge in [-0.25, -0.2) is 14.8 Å². The van der Waals surface area contributed by atoms with Crippen molar-refractivity contribution < 1.29 is 9.90 Å². The highest BCUT2D eigenvalue weighted by Gasteiger charge is 2.23. The molecule has 2 heterocycles. The molecular formula is C31H29N3O2. The zero-order valence-electron chi connectivity index (χ0n) is 20.7. The van der Waals surface area contributed by atoms with Gasteiger partial charge in [-0.05, 0) is 80.3 Å². The lowest BCUT2D eigenvalue weighted by Crippen LogP contribution is -2.14. The van der Waals surface area contributed by atoms with Crippen molar-refractivity contribution in [2.75, 3.05) is 0 Å². The molecule has 36 heavy (non-hydrogen) atoms. The van der Waals surface area contributed by atoms with Gasteiger partial charge in [0.25, 0.3) is 0 Å². The Labute approximate surface area is 210 Å². The summed E-state index contributed by atoms with van der Waals surface area (Å²) < 4.78 is 2.35. The second-order valence-electron chi connectivity index (χ2n) is 9.96. The van der Waals surface area contributed by atoms with Gasteiger partial charge in [0.2, 0.25) is 0 Å². The van der Waals surface area contributed by atoms with Gasteiger partial charge in [-0.2, -0.15) is 0 Å². The van der Waals surface area contributed by atoms with E-state index in [4.69, 9.17) is 9.97 Å². The molecule has 0 amide bonds. The van der Waals surface area contributed by atoms with Crippen molar-refractivity contribution in [3.05, 3.63) is 83.4 Å². The average Bonchev–Trinajstić information content (AvgIpc) is 3.29. The number of carbonyl (C=O) groups is 1. The van der Waals surface area contributed by atoms with Crippen molar-refractivity contribution in [1.82, 2.24) is 14.5 Å². The minimum atomic E-state index is -0.929. The fraction of sp³-hybridized carbons (Fsp3) is 0.258. The van der Waals surface area contributed by atoms with Crippen LogP contribution in [0.3, 0.4) is 0 Å². The van der Waals surface area contributed by atoms with Gasteiger partial charge in [0.1, 0.15) is 5.82 Å². The van der Waals surface area contributed by atoms with Crippen LogP contribution in [0, 0.1) is 13.8 Å². The van der Waals surface area contributed by atoms with E-state index < -0.39 is 5.97 Å². The number of fused-ring (bicyclic) bond motifs is 2. The quantitative estimate of drug-likeness (QED) is 0.289. The first-order valence-electron chi connectivity index (χ1n) is 12.7. The van der Waals surface area contributed by atoms with E-state index in [1.54, 1.807) is 12.1 Å². The third-order valence-electron chi connectivity index (χ3n) is 7.70. The molecule has 1 fully saturated rings. The Morgan fingerprint density at radius 1 is 0.889 bits per heavy atom. The van der Waals surface area contributed by atoms with Gasteiger partial charge in [-0.1, -0.05) is 43.5 Å². The second kappa shape index (κ2) is 8.90. The third kappa shape index (κ3) is 3.85. The number of imidazole rings is 1. The maximum absolute atomic E-state index is 11.6.